The summed E-state index contributed by atoms with van der Waals surface area (Å²) >= 11 is 6.01. The normalized spacial score (nSPS) is 10.9. The van der Waals surface area contributed by atoms with E-state index in [9.17, 15) is 9.18 Å². The maximum absolute atomic E-state index is 13.1. The van der Waals surface area contributed by atoms with Crippen molar-refractivity contribution < 1.29 is 9.18 Å². The first kappa shape index (κ1) is 20.1. The van der Waals surface area contributed by atoms with Crippen molar-refractivity contribution in [3.05, 3.63) is 86.9 Å². The molecule has 28 heavy (non-hydrogen) atoms. The van der Waals surface area contributed by atoms with Crippen LogP contribution < -0.4 is 5.32 Å². The average Bonchev–Trinajstić information content (AvgIpc) is 2.90. The van der Waals surface area contributed by atoms with Gasteiger partial charge in [-0.25, -0.2) is 4.39 Å². The topological polar surface area (TPSA) is 46.9 Å². The Kier molecular flexibility index (Phi) is 6.15. The van der Waals surface area contributed by atoms with Gasteiger partial charge < -0.3 is 5.32 Å². The van der Waals surface area contributed by atoms with Crippen LogP contribution >= 0.6 is 11.6 Å². The minimum atomic E-state index is -0.396. The molecule has 3 aromatic rings. The van der Waals surface area contributed by atoms with Crippen molar-refractivity contribution in [1.29, 1.82) is 0 Å². The number of amides is 1. The fourth-order valence-electron chi connectivity index (χ4n) is 3.09. The molecule has 6 heteroatoms. The Labute approximate surface area is 169 Å². The van der Waals surface area contributed by atoms with E-state index in [1.807, 2.05) is 18.5 Å². The van der Waals surface area contributed by atoms with E-state index >= 15 is 0 Å². The third-order valence-electron chi connectivity index (χ3n) is 4.81. The molecule has 0 aliphatic carbocycles. The molecule has 1 aromatic heterocycles. The summed E-state index contributed by atoms with van der Waals surface area (Å²) in [6, 6.07) is 12.5. The van der Waals surface area contributed by atoms with Crippen LogP contribution in [-0.2, 0) is 24.3 Å². The zero-order valence-corrected chi connectivity index (χ0v) is 17.0. The molecule has 0 atom stereocenters. The van der Waals surface area contributed by atoms with Crippen molar-refractivity contribution in [2.75, 3.05) is 0 Å². The van der Waals surface area contributed by atoms with Crippen LogP contribution in [0.3, 0.4) is 0 Å². The number of benzene rings is 2. The van der Waals surface area contributed by atoms with Gasteiger partial charge in [0.2, 0.25) is 5.91 Å². The molecule has 0 saturated heterocycles. The van der Waals surface area contributed by atoms with E-state index in [2.05, 4.69) is 41.6 Å². The summed E-state index contributed by atoms with van der Waals surface area (Å²) < 4.78 is 15.0. The lowest BCUT2D eigenvalue weighted by Gasteiger charge is -2.08. The molecule has 3 rings (SSSR count). The molecule has 0 aliphatic rings. The number of nitrogens with zero attached hydrogens (tertiary/aromatic N) is 2. The molecule has 0 unspecified atom stereocenters. The lowest BCUT2D eigenvalue weighted by Crippen LogP contribution is -2.25. The Hall–Kier alpha value is -2.66. The second-order valence-electron chi connectivity index (χ2n) is 6.98. The molecular formula is C22H23ClFN3O. The summed E-state index contributed by atoms with van der Waals surface area (Å²) in [5.74, 6) is -0.520. The van der Waals surface area contributed by atoms with Crippen LogP contribution in [0.4, 0.5) is 4.39 Å². The quantitative estimate of drug-likeness (QED) is 0.663. The van der Waals surface area contributed by atoms with E-state index in [1.165, 1.54) is 17.7 Å². The standard InChI is InChI=1S/C22H23ClFN3O/c1-14-4-6-17(7-5-14)13-27-16(3)20(15(2)26-27)11-22(28)25-12-18-8-9-19(24)10-21(18)23/h4-10H,11-13H2,1-3H3,(H,25,28). The molecule has 0 radical (unpaired) electrons. The van der Waals surface area contributed by atoms with E-state index in [0.29, 0.717) is 17.1 Å². The van der Waals surface area contributed by atoms with Gasteiger partial charge in [-0.3, -0.25) is 9.48 Å². The van der Waals surface area contributed by atoms with Gasteiger partial charge in [0.1, 0.15) is 5.82 Å². The second-order valence-corrected chi connectivity index (χ2v) is 7.39. The molecule has 1 amide bonds. The number of carbonyl (C=O) groups is 1. The molecule has 146 valence electrons. The summed E-state index contributed by atoms with van der Waals surface area (Å²) in [6.45, 7) is 6.88. The Morgan fingerprint density at radius 3 is 2.54 bits per heavy atom. The van der Waals surface area contributed by atoms with Gasteiger partial charge >= 0.3 is 0 Å². The van der Waals surface area contributed by atoms with Crippen molar-refractivity contribution in [3.63, 3.8) is 0 Å². The summed E-state index contributed by atoms with van der Waals surface area (Å²) in [4.78, 5) is 12.4. The Bertz CT molecular complexity index is 996. The van der Waals surface area contributed by atoms with Gasteiger partial charge in [-0.05, 0) is 44.0 Å². The molecule has 1 heterocycles. The van der Waals surface area contributed by atoms with Crippen molar-refractivity contribution in [3.8, 4) is 0 Å². The third-order valence-corrected chi connectivity index (χ3v) is 5.16. The highest BCUT2D eigenvalue weighted by molar-refractivity contribution is 6.31. The van der Waals surface area contributed by atoms with E-state index in [-0.39, 0.29) is 18.9 Å². The number of aromatic nitrogens is 2. The average molecular weight is 400 g/mol. The molecule has 0 saturated carbocycles. The monoisotopic (exact) mass is 399 g/mol. The zero-order valence-electron chi connectivity index (χ0n) is 16.2. The second kappa shape index (κ2) is 8.57. The van der Waals surface area contributed by atoms with Crippen molar-refractivity contribution in [2.24, 2.45) is 0 Å². The Morgan fingerprint density at radius 1 is 1.14 bits per heavy atom. The molecule has 0 aliphatic heterocycles. The zero-order chi connectivity index (χ0) is 20.3. The Balaban J connectivity index is 1.65. The highest BCUT2D eigenvalue weighted by Gasteiger charge is 2.15. The van der Waals surface area contributed by atoms with E-state index in [4.69, 9.17) is 11.6 Å². The van der Waals surface area contributed by atoms with Crippen molar-refractivity contribution >= 4 is 17.5 Å². The van der Waals surface area contributed by atoms with Crippen LogP contribution in [0.15, 0.2) is 42.5 Å². The van der Waals surface area contributed by atoms with Gasteiger partial charge in [-0.2, -0.15) is 5.10 Å². The number of carbonyl (C=O) groups excluding carboxylic acids is 1. The fraction of sp³-hybridized carbons (Fsp3) is 0.273. The number of halogens is 2. The fourth-order valence-corrected chi connectivity index (χ4v) is 3.33. The predicted octanol–water partition coefficient (Wildman–Crippen LogP) is 4.51. The minimum Gasteiger partial charge on any atom is -0.352 e. The summed E-state index contributed by atoms with van der Waals surface area (Å²) in [5, 5.41) is 7.75. The van der Waals surface area contributed by atoms with Gasteiger partial charge in [0.05, 0.1) is 18.7 Å². The van der Waals surface area contributed by atoms with Gasteiger partial charge in [0, 0.05) is 22.8 Å². The van der Waals surface area contributed by atoms with Crippen LogP contribution in [0.5, 0.6) is 0 Å². The Morgan fingerprint density at radius 2 is 1.86 bits per heavy atom. The van der Waals surface area contributed by atoms with Crippen molar-refractivity contribution in [2.45, 2.75) is 40.3 Å². The van der Waals surface area contributed by atoms with Crippen LogP contribution in [0.1, 0.15) is 33.6 Å². The summed E-state index contributed by atoms with van der Waals surface area (Å²) in [7, 11) is 0. The van der Waals surface area contributed by atoms with Crippen LogP contribution in [0, 0.1) is 26.6 Å². The van der Waals surface area contributed by atoms with Crippen molar-refractivity contribution in [1.82, 2.24) is 15.1 Å². The van der Waals surface area contributed by atoms with Crippen LogP contribution in [-0.4, -0.2) is 15.7 Å². The highest BCUT2D eigenvalue weighted by Crippen LogP contribution is 2.18. The molecule has 1 N–H and O–H groups in total. The van der Waals surface area contributed by atoms with Gasteiger partial charge in [-0.15, -0.1) is 0 Å². The molecule has 0 bridgehead atoms. The molecule has 2 aromatic carbocycles. The maximum atomic E-state index is 13.1. The lowest BCUT2D eigenvalue weighted by atomic mass is 10.1. The number of hydrogen-bond acceptors (Lipinski definition) is 2. The minimum absolute atomic E-state index is 0.124. The smallest absolute Gasteiger partial charge is 0.224 e. The first-order valence-electron chi connectivity index (χ1n) is 9.12. The van der Waals surface area contributed by atoms with Gasteiger partial charge in [0.15, 0.2) is 0 Å². The number of nitrogens with one attached hydrogen (secondary N) is 1. The largest absolute Gasteiger partial charge is 0.352 e. The number of hydrogen-bond donors (Lipinski definition) is 1. The maximum Gasteiger partial charge on any atom is 0.224 e. The first-order valence-corrected chi connectivity index (χ1v) is 9.50. The third kappa shape index (κ3) is 4.78. The highest BCUT2D eigenvalue weighted by atomic mass is 35.5. The number of aryl methyl sites for hydroxylation is 2. The summed E-state index contributed by atoms with van der Waals surface area (Å²) in [6.07, 6.45) is 0.240. The molecular weight excluding hydrogens is 377 g/mol. The molecule has 0 fully saturated rings. The molecule has 4 nitrogen and oxygen atoms in total. The predicted molar refractivity (Wildman–Crippen MR) is 109 cm³/mol. The van der Waals surface area contributed by atoms with E-state index < -0.39 is 5.82 Å². The van der Waals surface area contributed by atoms with Gasteiger partial charge in [-0.1, -0.05) is 47.5 Å². The van der Waals surface area contributed by atoms with Crippen LogP contribution in [0.2, 0.25) is 5.02 Å². The number of rotatable bonds is 6. The van der Waals surface area contributed by atoms with Gasteiger partial charge in [0.25, 0.3) is 0 Å². The van der Waals surface area contributed by atoms with E-state index in [0.717, 1.165) is 22.5 Å². The summed E-state index contributed by atoms with van der Waals surface area (Å²) in [5.41, 5.74) is 5.82. The molecule has 0 spiro atoms. The SMILES string of the molecule is Cc1ccc(Cn2nc(C)c(CC(=O)NCc3ccc(F)cc3Cl)c2C)cc1. The van der Waals surface area contributed by atoms with Crippen LogP contribution in [0.25, 0.3) is 0 Å². The van der Waals surface area contributed by atoms with E-state index in [1.54, 1.807) is 6.07 Å². The lowest BCUT2D eigenvalue weighted by molar-refractivity contribution is -0.120. The first-order chi connectivity index (χ1) is 13.3.